The van der Waals surface area contributed by atoms with E-state index in [4.69, 9.17) is 0 Å². The van der Waals surface area contributed by atoms with Gasteiger partial charge in [0.15, 0.2) is 0 Å². The van der Waals surface area contributed by atoms with Gasteiger partial charge in [0.25, 0.3) is 0 Å². The number of hydrogen-bond acceptors (Lipinski definition) is 3. The Kier molecular flexibility index (Phi) is 4.91. The van der Waals surface area contributed by atoms with Crippen molar-refractivity contribution in [3.8, 4) is 0 Å². The van der Waals surface area contributed by atoms with Gasteiger partial charge < -0.3 is 9.90 Å². The van der Waals surface area contributed by atoms with Gasteiger partial charge in [-0.25, -0.2) is 0 Å². The van der Waals surface area contributed by atoms with E-state index < -0.39 is 11.8 Å². The smallest absolute Gasteiger partial charge is 0.541 e. The number of aryl methyl sites for hydroxylation is 1. The summed E-state index contributed by atoms with van der Waals surface area (Å²) in [6.07, 6.45) is 0. The van der Waals surface area contributed by atoms with Gasteiger partial charge in [-0.2, -0.15) is 0 Å². The molecule has 0 fully saturated rings. The summed E-state index contributed by atoms with van der Waals surface area (Å²) in [6.45, 7) is 1.85. The van der Waals surface area contributed by atoms with Crippen molar-refractivity contribution < 1.29 is 44.3 Å². The first kappa shape index (κ1) is 12.4. The molecule has 0 aromatic heterocycles. The molecule has 0 heterocycles. The molecule has 0 bridgehead atoms. The first-order chi connectivity index (χ1) is 5.61. The molecule has 0 aliphatic heterocycles. The Morgan fingerprint density at radius 1 is 1.15 bits per heavy atom. The quantitative estimate of drug-likeness (QED) is 0.280. The molecule has 0 radical (unpaired) electrons. The van der Waals surface area contributed by atoms with Crippen molar-refractivity contribution in [1.82, 2.24) is 0 Å². The molecule has 3 nitrogen and oxygen atoms in total. The summed E-state index contributed by atoms with van der Waals surface area (Å²) in [7, 11) is 0. The molecule has 13 heavy (non-hydrogen) atoms. The van der Waals surface area contributed by atoms with Crippen LogP contribution in [0.15, 0.2) is 24.3 Å². The van der Waals surface area contributed by atoms with Crippen LogP contribution < -0.4 is 34.7 Å². The maximum absolute atomic E-state index is 10.8. The summed E-state index contributed by atoms with van der Waals surface area (Å²) in [4.78, 5) is 20.9. The predicted molar refractivity (Wildman–Crippen MR) is 40.5 cm³/mol. The first-order valence-electron chi connectivity index (χ1n) is 3.43. The van der Waals surface area contributed by atoms with Gasteiger partial charge in [-0.15, -0.1) is 0 Å². The van der Waals surface area contributed by atoms with Crippen molar-refractivity contribution in [3.05, 3.63) is 35.4 Å². The Hall–Kier alpha value is -0.640. The van der Waals surface area contributed by atoms with E-state index in [1.54, 1.807) is 12.1 Å². The molecule has 0 aliphatic carbocycles. The van der Waals surface area contributed by atoms with E-state index in [-0.39, 0.29) is 35.1 Å². The number of hydrogen-bond donors (Lipinski definition) is 0. The van der Waals surface area contributed by atoms with Gasteiger partial charge >= 0.3 is 29.6 Å². The zero-order valence-electron chi connectivity index (χ0n) is 7.53. The van der Waals surface area contributed by atoms with Crippen molar-refractivity contribution >= 4 is 11.8 Å². The first-order valence-corrected chi connectivity index (χ1v) is 3.43. The molecular formula is C9H7NaO3. The van der Waals surface area contributed by atoms with Crippen LogP contribution in [0.5, 0.6) is 0 Å². The third kappa shape index (κ3) is 3.30. The predicted octanol–water partition coefficient (Wildman–Crippen LogP) is -3.07. The van der Waals surface area contributed by atoms with E-state index in [0.717, 1.165) is 5.56 Å². The van der Waals surface area contributed by atoms with E-state index in [0.29, 0.717) is 0 Å². The van der Waals surface area contributed by atoms with Gasteiger partial charge in [-0.1, -0.05) is 29.8 Å². The number of ketones is 1. The van der Waals surface area contributed by atoms with Crippen LogP contribution in [0, 0.1) is 6.92 Å². The number of carbonyl (C=O) groups is 2. The molecule has 0 amide bonds. The summed E-state index contributed by atoms with van der Waals surface area (Å²) in [5.74, 6) is -2.64. The monoisotopic (exact) mass is 186 g/mol. The van der Waals surface area contributed by atoms with E-state index in [2.05, 4.69) is 0 Å². The average Bonchev–Trinajstić information content (AvgIpc) is 2.04. The Bertz CT molecular complexity index is 316. The molecule has 0 atom stereocenters. The Labute approximate surface area is 98.1 Å². The molecule has 0 N–H and O–H groups in total. The summed E-state index contributed by atoms with van der Waals surface area (Å²) < 4.78 is 0. The fraction of sp³-hybridized carbons (Fsp3) is 0.111. The third-order valence-corrected chi connectivity index (χ3v) is 1.50. The largest absolute Gasteiger partial charge is 1.00 e. The van der Waals surface area contributed by atoms with E-state index in [1.807, 2.05) is 6.92 Å². The summed E-state index contributed by atoms with van der Waals surface area (Å²) in [6, 6.07) is 6.28. The van der Waals surface area contributed by atoms with E-state index in [9.17, 15) is 14.7 Å². The second kappa shape index (κ2) is 5.17. The maximum Gasteiger partial charge on any atom is 1.00 e. The van der Waals surface area contributed by atoms with Gasteiger partial charge in [-0.3, -0.25) is 4.79 Å². The number of rotatable bonds is 2. The Morgan fingerprint density at radius 3 is 2.00 bits per heavy atom. The molecule has 0 spiro atoms. The summed E-state index contributed by atoms with van der Waals surface area (Å²) in [5.41, 5.74) is 1.13. The number of carboxylic acid groups (broad SMARTS) is 1. The molecule has 0 saturated carbocycles. The zero-order chi connectivity index (χ0) is 9.14. The minimum absolute atomic E-state index is 0. The molecule has 1 aromatic rings. The van der Waals surface area contributed by atoms with Crippen LogP contribution in [0.1, 0.15) is 15.9 Å². The molecule has 1 aromatic carbocycles. The molecule has 4 heteroatoms. The summed E-state index contributed by atoms with van der Waals surface area (Å²) >= 11 is 0. The van der Waals surface area contributed by atoms with Gasteiger partial charge in [0.2, 0.25) is 5.78 Å². The van der Waals surface area contributed by atoms with Gasteiger partial charge in [0.1, 0.15) is 5.97 Å². The number of carbonyl (C=O) groups excluding carboxylic acids is 2. The van der Waals surface area contributed by atoms with Crippen LogP contribution in [0.2, 0.25) is 0 Å². The molecule has 62 valence electrons. The fourth-order valence-electron chi connectivity index (χ4n) is 0.823. The molecule has 0 saturated heterocycles. The van der Waals surface area contributed by atoms with Crippen molar-refractivity contribution in [2.45, 2.75) is 6.92 Å². The van der Waals surface area contributed by atoms with E-state index in [1.165, 1.54) is 12.1 Å². The van der Waals surface area contributed by atoms with Crippen LogP contribution in [-0.2, 0) is 4.79 Å². The van der Waals surface area contributed by atoms with Crippen LogP contribution >= 0.6 is 0 Å². The topological polar surface area (TPSA) is 57.2 Å². The standard InChI is InChI=1S/C9H8O3.Na/c1-6-2-4-7(5-3-6)8(10)9(11)12;/h2-5H,1H3,(H,11,12);/q;+1/p-1. The number of benzene rings is 1. The molecule has 0 aliphatic rings. The van der Waals surface area contributed by atoms with Gasteiger partial charge in [0, 0.05) is 5.56 Å². The number of aliphatic carboxylic acids is 1. The summed E-state index contributed by atoms with van der Waals surface area (Å²) in [5, 5.41) is 10.1. The maximum atomic E-state index is 10.8. The van der Waals surface area contributed by atoms with Crippen molar-refractivity contribution in [2.24, 2.45) is 0 Å². The molecular weight excluding hydrogens is 179 g/mol. The van der Waals surface area contributed by atoms with Crippen molar-refractivity contribution in [3.63, 3.8) is 0 Å². The van der Waals surface area contributed by atoms with Crippen molar-refractivity contribution in [1.29, 1.82) is 0 Å². The van der Waals surface area contributed by atoms with Gasteiger partial charge in [-0.05, 0) is 6.92 Å². The minimum Gasteiger partial charge on any atom is -0.541 e. The molecule has 0 unspecified atom stereocenters. The second-order valence-corrected chi connectivity index (χ2v) is 2.48. The van der Waals surface area contributed by atoms with Crippen LogP contribution in [-0.4, -0.2) is 11.8 Å². The fourth-order valence-corrected chi connectivity index (χ4v) is 0.823. The van der Waals surface area contributed by atoms with Gasteiger partial charge in [0.05, 0.1) is 0 Å². The minimum atomic E-state index is -1.67. The average molecular weight is 186 g/mol. The van der Waals surface area contributed by atoms with Crippen LogP contribution in [0.3, 0.4) is 0 Å². The van der Waals surface area contributed by atoms with Crippen molar-refractivity contribution in [2.75, 3.05) is 0 Å². The second-order valence-electron chi connectivity index (χ2n) is 2.48. The van der Waals surface area contributed by atoms with E-state index >= 15 is 0 Å². The normalized spacial score (nSPS) is 8.69. The molecule has 1 rings (SSSR count). The Balaban J connectivity index is 0.00000144. The number of Topliss-reactive ketones (excluding diaryl/α,β-unsaturated/α-hetero) is 1. The Morgan fingerprint density at radius 2 is 1.62 bits per heavy atom. The SMILES string of the molecule is Cc1ccc(C(=O)C(=O)[O-])cc1.[Na+]. The van der Waals surface area contributed by atoms with Crippen LogP contribution in [0.4, 0.5) is 0 Å². The third-order valence-electron chi connectivity index (χ3n) is 1.50. The van der Waals surface area contributed by atoms with Crippen LogP contribution in [0.25, 0.3) is 0 Å². The number of carboxylic acids is 1. The zero-order valence-corrected chi connectivity index (χ0v) is 9.53.